The SMILES string of the molecule is COc1cc(N(C)CCN(C)C)c(N)cc1Nc1ncnc(N2CC(C)(C)c3nc(Cl)c(C)cc32)n1. The van der Waals surface area contributed by atoms with Crippen molar-refractivity contribution in [1.29, 1.82) is 0 Å². The fraction of sp³-hybridized carbons (Fsp3) is 0.440. The Labute approximate surface area is 217 Å². The average molecular weight is 512 g/mol. The molecule has 0 bridgehead atoms. The van der Waals surface area contributed by atoms with Gasteiger partial charge in [0.1, 0.15) is 17.2 Å². The van der Waals surface area contributed by atoms with Gasteiger partial charge in [-0.2, -0.15) is 4.98 Å². The Kier molecular flexibility index (Phi) is 7.10. The van der Waals surface area contributed by atoms with Crippen molar-refractivity contribution in [1.82, 2.24) is 24.8 Å². The molecule has 10 nitrogen and oxygen atoms in total. The predicted molar refractivity (Wildman–Crippen MR) is 146 cm³/mol. The second kappa shape index (κ2) is 9.94. The summed E-state index contributed by atoms with van der Waals surface area (Å²) in [5, 5.41) is 3.77. The molecule has 192 valence electrons. The van der Waals surface area contributed by atoms with Crippen molar-refractivity contribution in [2.75, 3.05) is 68.7 Å². The molecule has 3 N–H and O–H groups in total. The number of likely N-dealkylation sites (N-methyl/N-ethyl adjacent to an activating group) is 2. The number of nitrogens with zero attached hydrogens (tertiary/aromatic N) is 7. The van der Waals surface area contributed by atoms with E-state index in [4.69, 9.17) is 27.1 Å². The van der Waals surface area contributed by atoms with Crippen LogP contribution in [0.25, 0.3) is 0 Å². The lowest BCUT2D eigenvalue weighted by molar-refractivity contribution is 0.413. The summed E-state index contributed by atoms with van der Waals surface area (Å²) in [5.74, 6) is 1.55. The number of methoxy groups -OCH3 is 1. The smallest absolute Gasteiger partial charge is 0.234 e. The standard InChI is InChI=1S/C25H34ClN9O/c1-15-10-19-21(31-22(15)26)25(2,3)13-35(19)24-29-14-28-23(32-24)30-17-11-16(27)18(12-20(17)36-7)34(6)9-8-33(4)5/h10-12,14H,8-9,13,27H2,1-7H3,(H,28,29,30,32). The number of pyridine rings is 1. The van der Waals surface area contributed by atoms with E-state index >= 15 is 0 Å². The summed E-state index contributed by atoms with van der Waals surface area (Å²) in [6, 6.07) is 5.80. The molecule has 0 saturated heterocycles. The number of fused-ring (bicyclic) bond motifs is 1. The van der Waals surface area contributed by atoms with Gasteiger partial charge in [0, 0.05) is 38.2 Å². The van der Waals surface area contributed by atoms with Crippen LogP contribution in [0.4, 0.5) is 34.6 Å². The highest BCUT2D eigenvalue weighted by atomic mass is 35.5. The van der Waals surface area contributed by atoms with Crippen LogP contribution in [-0.2, 0) is 5.41 Å². The number of aryl methyl sites for hydroxylation is 1. The molecule has 0 atom stereocenters. The molecule has 0 radical (unpaired) electrons. The number of ether oxygens (including phenoxy) is 1. The number of nitrogens with two attached hydrogens (primary N) is 1. The molecule has 2 aromatic heterocycles. The first kappa shape index (κ1) is 25.7. The zero-order valence-corrected chi connectivity index (χ0v) is 22.7. The molecule has 1 aromatic carbocycles. The number of nitrogen functional groups attached to an aromatic ring is 1. The van der Waals surface area contributed by atoms with Crippen molar-refractivity contribution in [2.24, 2.45) is 0 Å². The van der Waals surface area contributed by atoms with Crippen molar-refractivity contribution in [3.8, 4) is 5.75 Å². The van der Waals surface area contributed by atoms with E-state index in [2.05, 4.69) is 43.9 Å². The predicted octanol–water partition coefficient (Wildman–Crippen LogP) is 3.99. The summed E-state index contributed by atoms with van der Waals surface area (Å²) < 4.78 is 5.66. The lowest BCUT2D eigenvalue weighted by atomic mass is 9.91. The molecule has 4 rings (SSSR count). The molecule has 1 aliphatic rings. The summed E-state index contributed by atoms with van der Waals surface area (Å²) in [6.45, 7) is 8.62. The Balaban J connectivity index is 1.62. The molecule has 1 aliphatic heterocycles. The zero-order valence-electron chi connectivity index (χ0n) is 21.9. The minimum absolute atomic E-state index is 0.209. The number of aromatic nitrogens is 4. The van der Waals surface area contributed by atoms with Gasteiger partial charge in [0.25, 0.3) is 0 Å². The van der Waals surface area contributed by atoms with Crippen LogP contribution < -0.4 is 25.6 Å². The summed E-state index contributed by atoms with van der Waals surface area (Å²) in [6.07, 6.45) is 1.49. The van der Waals surface area contributed by atoms with E-state index in [1.807, 2.05) is 51.2 Å². The quantitative estimate of drug-likeness (QED) is 0.340. The van der Waals surface area contributed by atoms with Gasteiger partial charge in [0.15, 0.2) is 0 Å². The van der Waals surface area contributed by atoms with Crippen LogP contribution in [0.5, 0.6) is 5.75 Å². The highest BCUT2D eigenvalue weighted by Crippen LogP contribution is 2.43. The molecule has 0 amide bonds. The minimum Gasteiger partial charge on any atom is -0.494 e. The van der Waals surface area contributed by atoms with Crippen molar-refractivity contribution in [2.45, 2.75) is 26.2 Å². The largest absolute Gasteiger partial charge is 0.494 e. The Morgan fingerprint density at radius 2 is 1.89 bits per heavy atom. The first-order valence-electron chi connectivity index (χ1n) is 11.7. The van der Waals surface area contributed by atoms with E-state index in [-0.39, 0.29) is 5.41 Å². The monoisotopic (exact) mass is 511 g/mol. The molecule has 0 saturated carbocycles. The number of rotatable bonds is 8. The highest BCUT2D eigenvalue weighted by molar-refractivity contribution is 6.30. The molecule has 3 aromatic rings. The fourth-order valence-electron chi connectivity index (χ4n) is 4.27. The number of hydrogen-bond acceptors (Lipinski definition) is 10. The molecular weight excluding hydrogens is 478 g/mol. The Morgan fingerprint density at radius 1 is 1.14 bits per heavy atom. The van der Waals surface area contributed by atoms with Gasteiger partial charge in [0.2, 0.25) is 11.9 Å². The first-order chi connectivity index (χ1) is 17.0. The number of nitrogens with one attached hydrogen (secondary N) is 1. The molecule has 0 fully saturated rings. The van der Waals surface area contributed by atoms with Gasteiger partial charge in [-0.05, 0) is 38.7 Å². The molecule has 11 heteroatoms. The molecule has 0 unspecified atom stereocenters. The number of benzene rings is 1. The van der Waals surface area contributed by atoms with Crippen molar-refractivity contribution in [3.05, 3.63) is 40.9 Å². The van der Waals surface area contributed by atoms with Crippen LogP contribution >= 0.6 is 11.6 Å². The summed E-state index contributed by atoms with van der Waals surface area (Å²) in [7, 11) is 7.73. The average Bonchev–Trinajstić information content (AvgIpc) is 3.08. The summed E-state index contributed by atoms with van der Waals surface area (Å²) in [4.78, 5) is 24.4. The number of hydrogen-bond donors (Lipinski definition) is 2. The first-order valence-corrected chi connectivity index (χ1v) is 12.1. The van der Waals surface area contributed by atoms with Gasteiger partial charge >= 0.3 is 0 Å². The van der Waals surface area contributed by atoms with Crippen LogP contribution in [0.1, 0.15) is 25.1 Å². The Bertz CT molecular complexity index is 1260. The van der Waals surface area contributed by atoms with E-state index in [1.54, 1.807) is 7.11 Å². The van der Waals surface area contributed by atoms with Crippen LogP contribution in [0.3, 0.4) is 0 Å². The zero-order chi connectivity index (χ0) is 26.2. The van der Waals surface area contributed by atoms with E-state index in [1.165, 1.54) is 6.33 Å². The normalized spacial score (nSPS) is 14.2. The Morgan fingerprint density at radius 3 is 2.58 bits per heavy atom. The molecule has 0 spiro atoms. The third kappa shape index (κ3) is 5.10. The van der Waals surface area contributed by atoms with E-state index in [9.17, 15) is 0 Å². The second-order valence-corrected chi connectivity index (χ2v) is 10.4. The Hall–Kier alpha value is -3.37. The van der Waals surface area contributed by atoms with Crippen molar-refractivity contribution >= 4 is 46.2 Å². The van der Waals surface area contributed by atoms with Crippen LogP contribution in [0.2, 0.25) is 5.15 Å². The summed E-state index contributed by atoms with van der Waals surface area (Å²) in [5.41, 5.74) is 11.2. The van der Waals surface area contributed by atoms with Gasteiger partial charge in [-0.15, -0.1) is 0 Å². The van der Waals surface area contributed by atoms with E-state index < -0.39 is 0 Å². The van der Waals surface area contributed by atoms with Crippen LogP contribution in [0.15, 0.2) is 24.5 Å². The minimum atomic E-state index is -0.209. The van der Waals surface area contributed by atoms with Gasteiger partial charge < -0.3 is 30.5 Å². The third-order valence-corrected chi connectivity index (χ3v) is 6.69. The summed E-state index contributed by atoms with van der Waals surface area (Å²) >= 11 is 6.32. The lowest BCUT2D eigenvalue weighted by Gasteiger charge is -2.24. The van der Waals surface area contributed by atoms with Gasteiger partial charge in [-0.1, -0.05) is 25.4 Å². The van der Waals surface area contributed by atoms with Crippen LogP contribution in [0, 0.1) is 6.92 Å². The van der Waals surface area contributed by atoms with Crippen molar-refractivity contribution in [3.63, 3.8) is 0 Å². The maximum absolute atomic E-state index is 6.41. The van der Waals surface area contributed by atoms with Gasteiger partial charge in [-0.25, -0.2) is 15.0 Å². The third-order valence-electron chi connectivity index (χ3n) is 6.31. The van der Waals surface area contributed by atoms with Gasteiger partial charge in [-0.3, -0.25) is 0 Å². The second-order valence-electron chi connectivity index (χ2n) is 10.0. The molecule has 0 aliphatic carbocycles. The maximum atomic E-state index is 6.41. The lowest BCUT2D eigenvalue weighted by Crippen LogP contribution is -2.29. The molecule has 3 heterocycles. The van der Waals surface area contributed by atoms with Crippen molar-refractivity contribution < 1.29 is 4.74 Å². The van der Waals surface area contributed by atoms with E-state index in [0.717, 1.165) is 35.7 Å². The highest BCUT2D eigenvalue weighted by Gasteiger charge is 2.39. The molecular formula is C25H34ClN9O. The molecule has 36 heavy (non-hydrogen) atoms. The number of anilines is 6. The fourth-order valence-corrected chi connectivity index (χ4v) is 4.41. The maximum Gasteiger partial charge on any atom is 0.234 e. The number of halogens is 1. The van der Waals surface area contributed by atoms with E-state index in [0.29, 0.717) is 40.7 Å². The van der Waals surface area contributed by atoms with Gasteiger partial charge in [0.05, 0.1) is 35.6 Å². The van der Waals surface area contributed by atoms with Crippen LogP contribution in [-0.4, -0.2) is 72.7 Å². The topological polar surface area (TPSA) is 109 Å².